The van der Waals surface area contributed by atoms with E-state index in [-0.39, 0.29) is 0 Å². The van der Waals surface area contributed by atoms with Crippen LogP contribution < -0.4 is 5.73 Å². The molecule has 0 atom stereocenters. The van der Waals surface area contributed by atoms with Gasteiger partial charge in [-0.1, -0.05) is 5.21 Å². The number of hydrogen-bond acceptors (Lipinski definition) is 5. The summed E-state index contributed by atoms with van der Waals surface area (Å²) in [5.74, 6) is 0.695. The van der Waals surface area contributed by atoms with E-state index >= 15 is 0 Å². The fraction of sp³-hybridized carbons (Fsp3) is 0.800. The van der Waals surface area contributed by atoms with E-state index in [1.54, 1.807) is 0 Å². The van der Waals surface area contributed by atoms with E-state index in [0.717, 1.165) is 6.54 Å². The summed E-state index contributed by atoms with van der Waals surface area (Å²) in [7, 11) is 1.96. The Morgan fingerprint density at radius 1 is 1.64 bits per heavy atom. The number of tetrazole rings is 1. The Morgan fingerprint density at radius 3 is 3.00 bits per heavy atom. The van der Waals surface area contributed by atoms with Gasteiger partial charge in [0.2, 0.25) is 0 Å². The number of hydrogen-bond donors (Lipinski definition) is 2. The second-order valence-electron chi connectivity index (χ2n) is 2.35. The molecule has 1 heterocycles. The van der Waals surface area contributed by atoms with Crippen molar-refractivity contribution in [3.8, 4) is 0 Å². The molecule has 6 heteroatoms. The van der Waals surface area contributed by atoms with Crippen LogP contribution in [0.5, 0.6) is 0 Å². The zero-order valence-corrected chi connectivity index (χ0v) is 6.49. The maximum absolute atomic E-state index is 5.35. The van der Waals surface area contributed by atoms with Crippen molar-refractivity contribution >= 4 is 0 Å². The Bertz CT molecular complexity index is 183. The van der Waals surface area contributed by atoms with E-state index in [1.807, 2.05) is 11.9 Å². The largest absolute Gasteiger partial charge is 0.329 e. The topological polar surface area (TPSA) is 83.7 Å². The monoisotopic (exact) mass is 156 g/mol. The van der Waals surface area contributed by atoms with Crippen LogP contribution >= 0.6 is 0 Å². The van der Waals surface area contributed by atoms with Gasteiger partial charge in [0.1, 0.15) is 0 Å². The van der Waals surface area contributed by atoms with Gasteiger partial charge in [-0.3, -0.25) is 4.90 Å². The standard InChI is InChI=1S/C5H12N6/c1-11(3-2-6)4-5-7-9-10-8-5/h2-4,6H2,1H3,(H,7,8,9,10). The van der Waals surface area contributed by atoms with Crippen LogP contribution in [0.2, 0.25) is 0 Å². The molecule has 0 aromatic carbocycles. The molecule has 1 aromatic rings. The maximum atomic E-state index is 5.35. The van der Waals surface area contributed by atoms with Crippen LogP contribution in [0.25, 0.3) is 0 Å². The third-order valence-electron chi connectivity index (χ3n) is 1.31. The molecule has 0 saturated carbocycles. The average molecular weight is 156 g/mol. The van der Waals surface area contributed by atoms with Gasteiger partial charge < -0.3 is 5.73 Å². The zero-order valence-electron chi connectivity index (χ0n) is 6.49. The Morgan fingerprint density at radius 2 is 2.45 bits per heavy atom. The molecule has 0 spiro atoms. The summed E-state index contributed by atoms with van der Waals surface area (Å²) in [6.45, 7) is 2.18. The molecule has 0 unspecified atom stereocenters. The van der Waals surface area contributed by atoms with Gasteiger partial charge in [0, 0.05) is 13.1 Å². The summed E-state index contributed by atoms with van der Waals surface area (Å²) < 4.78 is 0. The van der Waals surface area contributed by atoms with Crippen molar-refractivity contribution in [1.29, 1.82) is 0 Å². The van der Waals surface area contributed by atoms with Crippen molar-refractivity contribution in [3.05, 3.63) is 5.82 Å². The molecule has 0 bridgehead atoms. The van der Waals surface area contributed by atoms with Crippen LogP contribution in [0.1, 0.15) is 5.82 Å². The van der Waals surface area contributed by atoms with Gasteiger partial charge in [-0.2, -0.15) is 5.21 Å². The molecule has 0 radical (unpaired) electrons. The van der Waals surface area contributed by atoms with E-state index in [2.05, 4.69) is 20.6 Å². The number of aromatic amines is 1. The number of nitrogens with one attached hydrogen (secondary N) is 1. The molecule has 0 aliphatic rings. The first-order valence-corrected chi connectivity index (χ1v) is 3.44. The molecule has 0 aliphatic heterocycles. The van der Waals surface area contributed by atoms with Gasteiger partial charge in [0.15, 0.2) is 5.82 Å². The molecule has 11 heavy (non-hydrogen) atoms. The van der Waals surface area contributed by atoms with Crippen molar-refractivity contribution in [2.24, 2.45) is 5.73 Å². The lowest BCUT2D eigenvalue weighted by molar-refractivity contribution is 0.327. The Kier molecular flexibility index (Phi) is 2.94. The van der Waals surface area contributed by atoms with E-state index in [4.69, 9.17) is 5.73 Å². The van der Waals surface area contributed by atoms with E-state index < -0.39 is 0 Å². The average Bonchev–Trinajstić information content (AvgIpc) is 2.40. The molecule has 0 amide bonds. The second kappa shape index (κ2) is 3.99. The van der Waals surface area contributed by atoms with Gasteiger partial charge in [-0.05, 0) is 7.05 Å². The van der Waals surface area contributed by atoms with Crippen molar-refractivity contribution in [1.82, 2.24) is 25.5 Å². The smallest absolute Gasteiger partial charge is 0.188 e. The first kappa shape index (κ1) is 8.09. The van der Waals surface area contributed by atoms with Crippen molar-refractivity contribution in [2.75, 3.05) is 20.1 Å². The molecule has 62 valence electrons. The fourth-order valence-corrected chi connectivity index (χ4v) is 0.790. The number of rotatable bonds is 4. The van der Waals surface area contributed by atoms with E-state index in [1.165, 1.54) is 0 Å². The highest BCUT2D eigenvalue weighted by Gasteiger charge is 2.01. The van der Waals surface area contributed by atoms with Crippen LogP contribution in [0, 0.1) is 0 Å². The number of H-pyrrole nitrogens is 1. The van der Waals surface area contributed by atoms with Crippen LogP contribution in [0.3, 0.4) is 0 Å². The van der Waals surface area contributed by atoms with Gasteiger partial charge in [0.05, 0.1) is 6.54 Å². The minimum absolute atomic E-state index is 0.647. The SMILES string of the molecule is CN(CCN)Cc1nn[nH]n1. The van der Waals surface area contributed by atoms with Crippen LogP contribution in [0.15, 0.2) is 0 Å². The number of likely N-dealkylation sites (N-methyl/N-ethyl adjacent to an activating group) is 1. The minimum Gasteiger partial charge on any atom is -0.329 e. The highest BCUT2D eigenvalue weighted by Crippen LogP contribution is 1.90. The molecular weight excluding hydrogens is 144 g/mol. The quantitative estimate of drug-likeness (QED) is 0.559. The summed E-state index contributed by atoms with van der Waals surface area (Å²) in [6.07, 6.45) is 0. The highest BCUT2D eigenvalue weighted by atomic mass is 15.5. The summed E-state index contributed by atoms with van der Waals surface area (Å²) >= 11 is 0. The molecule has 6 nitrogen and oxygen atoms in total. The molecule has 3 N–H and O–H groups in total. The normalized spacial score (nSPS) is 10.8. The minimum atomic E-state index is 0.647. The molecular formula is C5H12N6. The third kappa shape index (κ3) is 2.60. The van der Waals surface area contributed by atoms with Gasteiger partial charge in [0.25, 0.3) is 0 Å². The summed E-state index contributed by atoms with van der Waals surface area (Å²) in [4.78, 5) is 2.03. The lowest BCUT2D eigenvalue weighted by Gasteiger charge is -2.11. The molecule has 0 fully saturated rings. The second-order valence-corrected chi connectivity index (χ2v) is 2.35. The number of nitrogens with zero attached hydrogens (tertiary/aromatic N) is 4. The fourth-order valence-electron chi connectivity index (χ4n) is 0.790. The Balaban J connectivity index is 2.31. The molecule has 1 aromatic heterocycles. The third-order valence-corrected chi connectivity index (χ3v) is 1.31. The first-order valence-electron chi connectivity index (χ1n) is 3.44. The number of aromatic nitrogens is 4. The van der Waals surface area contributed by atoms with Gasteiger partial charge in [-0.15, -0.1) is 10.2 Å². The molecule has 0 saturated heterocycles. The summed E-state index contributed by atoms with van der Waals surface area (Å²) in [6, 6.07) is 0. The predicted molar refractivity (Wildman–Crippen MR) is 39.6 cm³/mol. The Labute approximate surface area is 64.8 Å². The van der Waals surface area contributed by atoms with Crippen molar-refractivity contribution in [3.63, 3.8) is 0 Å². The predicted octanol–water partition coefficient (Wildman–Crippen LogP) is -1.41. The first-order chi connectivity index (χ1) is 5.33. The van der Waals surface area contributed by atoms with Crippen LogP contribution in [-0.4, -0.2) is 45.7 Å². The number of nitrogens with two attached hydrogens (primary N) is 1. The highest BCUT2D eigenvalue weighted by molar-refractivity contribution is 4.74. The van der Waals surface area contributed by atoms with Gasteiger partial charge >= 0.3 is 0 Å². The van der Waals surface area contributed by atoms with Crippen LogP contribution in [0.4, 0.5) is 0 Å². The van der Waals surface area contributed by atoms with Crippen molar-refractivity contribution < 1.29 is 0 Å². The van der Waals surface area contributed by atoms with Crippen molar-refractivity contribution in [2.45, 2.75) is 6.54 Å². The maximum Gasteiger partial charge on any atom is 0.188 e. The Hall–Kier alpha value is -1.01. The summed E-state index contributed by atoms with van der Waals surface area (Å²) in [5, 5.41) is 13.4. The lowest BCUT2D eigenvalue weighted by Crippen LogP contribution is -2.25. The van der Waals surface area contributed by atoms with Gasteiger partial charge in [-0.25, -0.2) is 0 Å². The molecule has 0 aliphatic carbocycles. The lowest BCUT2D eigenvalue weighted by atomic mass is 10.5. The van der Waals surface area contributed by atoms with E-state index in [9.17, 15) is 0 Å². The summed E-state index contributed by atoms with van der Waals surface area (Å²) in [5.41, 5.74) is 5.35. The molecule has 1 rings (SSSR count). The zero-order chi connectivity index (χ0) is 8.10. The van der Waals surface area contributed by atoms with Crippen LogP contribution in [-0.2, 0) is 6.54 Å². The van der Waals surface area contributed by atoms with E-state index in [0.29, 0.717) is 18.9 Å².